The summed E-state index contributed by atoms with van der Waals surface area (Å²) in [5.74, 6) is -0.616. The van der Waals surface area contributed by atoms with Crippen molar-refractivity contribution in [2.45, 2.75) is 32.4 Å². The van der Waals surface area contributed by atoms with Crippen LogP contribution >= 0.6 is 15.9 Å². The lowest BCUT2D eigenvalue weighted by molar-refractivity contribution is -0.134. The summed E-state index contributed by atoms with van der Waals surface area (Å²) in [5, 5.41) is 2.78. The quantitative estimate of drug-likeness (QED) is 0.772. The molecule has 1 fully saturated rings. The number of halogens is 1. The molecule has 0 radical (unpaired) electrons. The second-order valence-corrected chi connectivity index (χ2v) is 9.85. The van der Waals surface area contributed by atoms with Gasteiger partial charge in [0.05, 0.1) is 11.5 Å². The first-order chi connectivity index (χ1) is 11.6. The van der Waals surface area contributed by atoms with Crippen molar-refractivity contribution in [2.24, 2.45) is 5.92 Å². The van der Waals surface area contributed by atoms with Crippen molar-refractivity contribution in [1.29, 1.82) is 0 Å². The zero-order valence-corrected chi connectivity index (χ0v) is 16.9. The monoisotopic (exact) mass is 430 g/mol. The number of hydrogen-bond acceptors (Lipinski definition) is 4. The van der Waals surface area contributed by atoms with Crippen LogP contribution in [0.4, 0.5) is 0 Å². The van der Waals surface area contributed by atoms with Crippen molar-refractivity contribution in [3.63, 3.8) is 0 Å². The Kier molecular flexibility index (Phi) is 6.26. The number of rotatable bonds is 5. The summed E-state index contributed by atoms with van der Waals surface area (Å²) in [6.07, 6.45) is 0.441. The molecule has 2 rings (SSSR count). The van der Waals surface area contributed by atoms with Crippen LogP contribution in [0.3, 0.4) is 0 Å². The van der Waals surface area contributed by atoms with Crippen molar-refractivity contribution in [3.8, 4) is 0 Å². The molecule has 6 nitrogen and oxygen atoms in total. The summed E-state index contributed by atoms with van der Waals surface area (Å²) in [6.45, 7) is 3.70. The van der Waals surface area contributed by atoms with Crippen LogP contribution in [0.1, 0.15) is 30.6 Å². The van der Waals surface area contributed by atoms with Gasteiger partial charge < -0.3 is 10.2 Å². The Morgan fingerprint density at radius 3 is 2.32 bits per heavy atom. The molecule has 138 valence electrons. The molecule has 1 N–H and O–H groups in total. The van der Waals surface area contributed by atoms with Crippen molar-refractivity contribution >= 4 is 37.6 Å². The van der Waals surface area contributed by atoms with Gasteiger partial charge in [0, 0.05) is 23.1 Å². The van der Waals surface area contributed by atoms with Crippen LogP contribution < -0.4 is 5.32 Å². The van der Waals surface area contributed by atoms with Gasteiger partial charge >= 0.3 is 0 Å². The first-order valence-electron chi connectivity index (χ1n) is 8.14. The van der Waals surface area contributed by atoms with Gasteiger partial charge in [0.15, 0.2) is 9.84 Å². The topological polar surface area (TPSA) is 83.6 Å². The molecule has 0 spiro atoms. The van der Waals surface area contributed by atoms with E-state index in [1.54, 1.807) is 31.3 Å². The molecular formula is C17H23BrN2O4S. The zero-order valence-electron chi connectivity index (χ0n) is 14.5. The van der Waals surface area contributed by atoms with Crippen LogP contribution in [-0.4, -0.2) is 55.8 Å². The van der Waals surface area contributed by atoms with E-state index in [9.17, 15) is 18.0 Å². The van der Waals surface area contributed by atoms with E-state index in [1.807, 2.05) is 13.8 Å². The van der Waals surface area contributed by atoms with E-state index in [2.05, 4.69) is 21.2 Å². The van der Waals surface area contributed by atoms with Gasteiger partial charge in [-0.2, -0.15) is 0 Å². The van der Waals surface area contributed by atoms with Crippen LogP contribution in [0.25, 0.3) is 0 Å². The normalized spacial score (nSPS) is 20.3. The lowest BCUT2D eigenvalue weighted by Gasteiger charge is -2.30. The fourth-order valence-electron chi connectivity index (χ4n) is 2.82. The Hall–Kier alpha value is -1.41. The maximum absolute atomic E-state index is 12.8. The zero-order chi connectivity index (χ0) is 18.8. The maximum atomic E-state index is 12.8. The highest BCUT2D eigenvalue weighted by Crippen LogP contribution is 2.19. The number of benzene rings is 1. The SMILES string of the molecule is CC(C)C(NC(=O)c1ccc(Br)cc1)C(=O)N(C)C1CCS(=O)(=O)C1. The van der Waals surface area contributed by atoms with E-state index in [1.165, 1.54) is 4.90 Å². The van der Waals surface area contributed by atoms with Crippen LogP contribution in [0, 0.1) is 5.92 Å². The molecule has 1 aliphatic rings. The number of carbonyl (C=O) groups is 2. The summed E-state index contributed by atoms with van der Waals surface area (Å²) in [4.78, 5) is 26.7. The Morgan fingerprint density at radius 1 is 1.24 bits per heavy atom. The van der Waals surface area contributed by atoms with Gasteiger partial charge in [0.25, 0.3) is 5.91 Å². The molecule has 8 heteroatoms. The van der Waals surface area contributed by atoms with E-state index in [0.717, 1.165) is 4.47 Å². The Bertz CT molecular complexity index is 746. The average molecular weight is 431 g/mol. The number of likely N-dealkylation sites (N-methyl/N-ethyl adjacent to an activating group) is 1. The van der Waals surface area contributed by atoms with Crippen molar-refractivity contribution in [3.05, 3.63) is 34.3 Å². The van der Waals surface area contributed by atoms with Crippen molar-refractivity contribution in [1.82, 2.24) is 10.2 Å². The molecule has 0 saturated carbocycles. The second-order valence-electron chi connectivity index (χ2n) is 6.71. The van der Waals surface area contributed by atoms with Crippen LogP contribution in [-0.2, 0) is 14.6 Å². The fourth-order valence-corrected chi connectivity index (χ4v) is 4.86. The van der Waals surface area contributed by atoms with Crippen LogP contribution in [0.15, 0.2) is 28.7 Å². The van der Waals surface area contributed by atoms with E-state index < -0.39 is 15.9 Å². The van der Waals surface area contributed by atoms with Gasteiger partial charge in [-0.25, -0.2) is 8.42 Å². The first kappa shape index (κ1) is 19.9. The minimum atomic E-state index is -3.08. The number of nitrogens with zero attached hydrogens (tertiary/aromatic N) is 1. The third-order valence-corrected chi connectivity index (χ3v) is 6.71. The van der Waals surface area contributed by atoms with Crippen molar-refractivity contribution in [2.75, 3.05) is 18.6 Å². The number of carbonyl (C=O) groups excluding carboxylic acids is 2. The molecule has 0 aliphatic carbocycles. The Balaban J connectivity index is 2.10. The highest BCUT2D eigenvalue weighted by molar-refractivity contribution is 9.10. The summed E-state index contributed by atoms with van der Waals surface area (Å²) in [5.41, 5.74) is 0.466. The third kappa shape index (κ3) is 5.04. The van der Waals surface area contributed by atoms with Gasteiger partial charge in [0.2, 0.25) is 5.91 Å². The lowest BCUT2D eigenvalue weighted by Crippen LogP contribution is -2.52. The molecule has 0 bridgehead atoms. The highest BCUT2D eigenvalue weighted by Gasteiger charge is 2.36. The van der Waals surface area contributed by atoms with E-state index in [4.69, 9.17) is 0 Å². The van der Waals surface area contributed by atoms with Gasteiger partial charge in [0.1, 0.15) is 6.04 Å². The molecule has 1 saturated heterocycles. The minimum Gasteiger partial charge on any atom is -0.340 e. The van der Waals surface area contributed by atoms with Crippen LogP contribution in [0.2, 0.25) is 0 Å². The standard InChI is InChI=1S/C17H23BrN2O4S/c1-11(2)15(19-16(21)12-4-6-13(18)7-5-12)17(22)20(3)14-8-9-25(23,24)10-14/h4-7,11,14-15H,8-10H2,1-3H3,(H,19,21). The highest BCUT2D eigenvalue weighted by atomic mass is 79.9. The largest absolute Gasteiger partial charge is 0.340 e. The van der Waals surface area contributed by atoms with Gasteiger partial charge in [-0.3, -0.25) is 9.59 Å². The van der Waals surface area contributed by atoms with Crippen LogP contribution in [0.5, 0.6) is 0 Å². The molecule has 25 heavy (non-hydrogen) atoms. The summed E-state index contributed by atoms with van der Waals surface area (Å²) in [7, 11) is -1.47. The molecule has 2 atom stereocenters. The van der Waals surface area contributed by atoms with E-state index in [0.29, 0.717) is 12.0 Å². The second kappa shape index (κ2) is 7.86. The fraction of sp³-hybridized carbons (Fsp3) is 0.529. The smallest absolute Gasteiger partial charge is 0.251 e. The number of hydrogen-bond donors (Lipinski definition) is 1. The molecule has 1 aromatic rings. The summed E-state index contributed by atoms with van der Waals surface area (Å²) < 4.78 is 24.2. The minimum absolute atomic E-state index is 0.0132. The third-order valence-electron chi connectivity index (χ3n) is 4.43. The summed E-state index contributed by atoms with van der Waals surface area (Å²) in [6, 6.07) is 5.84. The Labute approximate surface area is 157 Å². The van der Waals surface area contributed by atoms with Gasteiger partial charge in [-0.1, -0.05) is 29.8 Å². The van der Waals surface area contributed by atoms with E-state index >= 15 is 0 Å². The molecule has 1 aliphatic heterocycles. The predicted octanol–water partition coefficient (Wildman–Crippen LogP) is 1.85. The molecular weight excluding hydrogens is 408 g/mol. The number of sulfone groups is 1. The summed E-state index contributed by atoms with van der Waals surface area (Å²) >= 11 is 3.32. The Morgan fingerprint density at radius 2 is 1.84 bits per heavy atom. The average Bonchev–Trinajstić information content (AvgIpc) is 2.91. The first-order valence-corrected chi connectivity index (χ1v) is 10.8. The van der Waals surface area contributed by atoms with Gasteiger partial charge in [-0.15, -0.1) is 0 Å². The maximum Gasteiger partial charge on any atom is 0.251 e. The number of amides is 2. The van der Waals surface area contributed by atoms with Crippen molar-refractivity contribution < 1.29 is 18.0 Å². The van der Waals surface area contributed by atoms with Gasteiger partial charge in [-0.05, 0) is 36.6 Å². The molecule has 2 amide bonds. The predicted molar refractivity (Wildman–Crippen MR) is 100 cm³/mol. The van der Waals surface area contributed by atoms with E-state index in [-0.39, 0.29) is 35.3 Å². The molecule has 1 aromatic carbocycles. The number of nitrogens with one attached hydrogen (secondary N) is 1. The molecule has 2 unspecified atom stereocenters. The molecule has 0 aromatic heterocycles. The lowest BCUT2D eigenvalue weighted by atomic mass is 10.0. The molecule has 1 heterocycles.